The van der Waals surface area contributed by atoms with E-state index < -0.39 is 31.3 Å². The average molecular weight is 236 g/mol. The lowest BCUT2D eigenvalue weighted by atomic mass is 10.6. The van der Waals surface area contributed by atoms with E-state index in [9.17, 15) is 9.59 Å². The molecule has 0 aliphatic rings. The van der Waals surface area contributed by atoms with E-state index in [0.717, 1.165) is 6.08 Å². The predicted molar refractivity (Wildman–Crippen MR) is 49.9 cm³/mol. The normalized spacial score (nSPS) is 9.50. The zero-order valence-corrected chi connectivity index (χ0v) is 8.20. The van der Waals surface area contributed by atoms with Crippen LogP contribution < -0.4 is 0 Å². The first-order chi connectivity index (χ1) is 7.49. The lowest BCUT2D eigenvalue weighted by molar-refractivity contribution is -0.139. The zero-order valence-electron chi connectivity index (χ0n) is 8.20. The van der Waals surface area contributed by atoms with Crippen molar-refractivity contribution in [2.75, 3.05) is 13.6 Å². The number of hydrogen-bond acceptors (Lipinski definition) is 6. The van der Waals surface area contributed by atoms with Gasteiger partial charge in [0, 0.05) is 6.08 Å². The average Bonchev–Trinajstić information content (AvgIpc) is 2.24. The summed E-state index contributed by atoms with van der Waals surface area (Å²) in [4.78, 5) is 19.4. The molecule has 0 bridgehead atoms. The fourth-order valence-corrected chi connectivity index (χ4v) is 0.329. The van der Waals surface area contributed by atoms with Crippen LogP contribution in [0, 0.1) is 0 Å². The van der Waals surface area contributed by atoms with Crippen LogP contribution in [0.15, 0.2) is 24.7 Å². The Morgan fingerprint density at radius 2 is 1.69 bits per heavy atom. The van der Waals surface area contributed by atoms with Gasteiger partial charge in [0.1, 0.15) is 6.26 Å². The van der Waals surface area contributed by atoms with Crippen LogP contribution in [0.25, 0.3) is 0 Å². The van der Waals surface area contributed by atoms with Crippen LogP contribution >= 0.6 is 0 Å². The number of carbonyl (C=O) groups is 2. The second-order valence-electron chi connectivity index (χ2n) is 1.90. The summed E-state index contributed by atoms with van der Waals surface area (Å²) in [6.45, 7) is 1.56. The minimum absolute atomic E-state index is 0.568. The van der Waals surface area contributed by atoms with E-state index in [-0.39, 0.29) is 0 Å². The lowest BCUT2D eigenvalue weighted by Crippen LogP contribution is -2.06. The van der Waals surface area contributed by atoms with Crippen molar-refractivity contribution in [3.8, 4) is 0 Å². The van der Waals surface area contributed by atoms with E-state index in [1.54, 1.807) is 0 Å². The molecule has 0 aromatic heterocycles. The molecule has 4 N–H and O–H groups in total. The van der Waals surface area contributed by atoms with Crippen molar-refractivity contribution < 1.29 is 39.5 Å². The maximum atomic E-state index is 10.1. The number of carboxylic acids is 2. The molecule has 0 aliphatic heterocycles. The standard InChI is InChI=1S/C5H8O6.C3H4O2/c6-2-10-1-4(5(8)9)11-3-7;1-2-3(4)5/h1,6-7H,2-3H2,(H,8,9);2H,1H2,(H,4,5). The van der Waals surface area contributed by atoms with Gasteiger partial charge in [0.05, 0.1) is 0 Å². The van der Waals surface area contributed by atoms with Gasteiger partial charge in [-0.1, -0.05) is 6.58 Å². The van der Waals surface area contributed by atoms with E-state index in [4.69, 9.17) is 20.4 Å². The molecule has 0 unspecified atom stereocenters. The number of aliphatic hydroxyl groups is 2. The quantitative estimate of drug-likeness (QED) is 0.265. The van der Waals surface area contributed by atoms with Crippen molar-refractivity contribution in [2.45, 2.75) is 0 Å². The van der Waals surface area contributed by atoms with Crippen LogP contribution in [0.1, 0.15) is 0 Å². The third-order valence-corrected chi connectivity index (χ3v) is 0.870. The summed E-state index contributed by atoms with van der Waals surface area (Å²) in [5.74, 6) is -2.93. The molecule has 8 nitrogen and oxygen atoms in total. The van der Waals surface area contributed by atoms with Gasteiger partial charge >= 0.3 is 11.9 Å². The number of carboxylic acid groups (broad SMARTS) is 2. The highest BCUT2D eigenvalue weighted by Crippen LogP contribution is 1.96. The van der Waals surface area contributed by atoms with Gasteiger partial charge in [0.25, 0.3) is 0 Å². The predicted octanol–water partition coefficient (Wildman–Crippen LogP) is -0.898. The molecule has 8 heteroatoms. The van der Waals surface area contributed by atoms with E-state index in [1.165, 1.54) is 0 Å². The van der Waals surface area contributed by atoms with Crippen LogP contribution in [0.4, 0.5) is 0 Å². The van der Waals surface area contributed by atoms with Crippen LogP contribution in [0.5, 0.6) is 0 Å². The van der Waals surface area contributed by atoms with Gasteiger partial charge < -0.3 is 29.9 Å². The molecule has 0 heterocycles. The molecular formula is C8H12O8. The summed E-state index contributed by atoms with van der Waals surface area (Å²) in [6, 6.07) is 0. The minimum Gasteiger partial charge on any atom is -0.478 e. The lowest BCUT2D eigenvalue weighted by Gasteiger charge is -2.01. The summed E-state index contributed by atoms with van der Waals surface area (Å²) < 4.78 is 8.37. The number of ether oxygens (including phenoxy) is 2. The number of aliphatic carboxylic acids is 2. The third kappa shape index (κ3) is 11.9. The Bertz CT molecular complexity index is 257. The highest BCUT2D eigenvalue weighted by Gasteiger charge is 2.07. The van der Waals surface area contributed by atoms with Crippen molar-refractivity contribution in [2.24, 2.45) is 0 Å². The van der Waals surface area contributed by atoms with Gasteiger partial charge in [0.15, 0.2) is 13.6 Å². The van der Waals surface area contributed by atoms with Crippen LogP contribution in [0.2, 0.25) is 0 Å². The Hall–Kier alpha value is -2.06. The second-order valence-corrected chi connectivity index (χ2v) is 1.90. The molecule has 0 aromatic rings. The Labute approximate surface area is 90.6 Å². The van der Waals surface area contributed by atoms with Gasteiger partial charge in [-0.25, -0.2) is 9.59 Å². The zero-order chi connectivity index (χ0) is 13.0. The molecule has 0 radical (unpaired) electrons. The minimum atomic E-state index is -1.38. The van der Waals surface area contributed by atoms with Crippen LogP contribution in [-0.2, 0) is 19.1 Å². The first kappa shape index (κ1) is 16.4. The molecule has 0 amide bonds. The summed E-state index contributed by atoms with van der Waals surface area (Å²) >= 11 is 0. The molecule has 0 aromatic carbocycles. The summed E-state index contributed by atoms with van der Waals surface area (Å²) in [5, 5.41) is 32.1. The van der Waals surface area contributed by atoms with E-state index in [2.05, 4.69) is 16.1 Å². The molecule has 0 spiro atoms. The molecule has 0 rings (SSSR count). The Morgan fingerprint density at radius 1 is 1.19 bits per heavy atom. The molecule has 0 saturated carbocycles. The molecule has 92 valence electrons. The molecule has 16 heavy (non-hydrogen) atoms. The SMILES string of the molecule is C=CC(=O)O.O=C(O)C(=COCO)OCO. The smallest absolute Gasteiger partial charge is 0.374 e. The van der Waals surface area contributed by atoms with Crippen molar-refractivity contribution in [1.29, 1.82) is 0 Å². The fourth-order valence-electron chi connectivity index (χ4n) is 0.329. The fraction of sp³-hybridized carbons (Fsp3) is 0.250. The summed E-state index contributed by atoms with van der Waals surface area (Å²) in [6.07, 6.45) is 1.53. The Kier molecular flexibility index (Phi) is 11.3. The number of rotatable bonds is 6. The molecular weight excluding hydrogens is 224 g/mol. The highest BCUT2D eigenvalue weighted by atomic mass is 16.6. The van der Waals surface area contributed by atoms with Gasteiger partial charge in [-0.05, 0) is 0 Å². The maximum Gasteiger partial charge on any atom is 0.374 e. The molecule has 0 atom stereocenters. The van der Waals surface area contributed by atoms with Crippen LogP contribution in [-0.4, -0.2) is 46.0 Å². The summed E-state index contributed by atoms with van der Waals surface area (Å²) in [7, 11) is 0. The van der Waals surface area contributed by atoms with Crippen molar-refractivity contribution >= 4 is 11.9 Å². The van der Waals surface area contributed by atoms with Gasteiger partial charge in [-0.3, -0.25) is 0 Å². The third-order valence-electron chi connectivity index (χ3n) is 0.870. The maximum absolute atomic E-state index is 10.1. The summed E-state index contributed by atoms with van der Waals surface area (Å²) in [5.41, 5.74) is 0. The Balaban J connectivity index is 0. The van der Waals surface area contributed by atoms with Crippen molar-refractivity contribution in [3.05, 3.63) is 24.7 Å². The number of hydrogen-bond donors (Lipinski definition) is 4. The molecule has 0 aliphatic carbocycles. The Morgan fingerprint density at radius 3 is 1.94 bits per heavy atom. The monoisotopic (exact) mass is 236 g/mol. The highest BCUT2D eigenvalue weighted by molar-refractivity contribution is 5.83. The molecule has 0 fully saturated rings. The first-order valence-corrected chi connectivity index (χ1v) is 3.74. The van der Waals surface area contributed by atoms with E-state index in [0.29, 0.717) is 6.26 Å². The van der Waals surface area contributed by atoms with E-state index >= 15 is 0 Å². The van der Waals surface area contributed by atoms with Crippen molar-refractivity contribution in [1.82, 2.24) is 0 Å². The number of aliphatic hydroxyl groups excluding tert-OH is 2. The van der Waals surface area contributed by atoms with Gasteiger partial charge in [-0.2, -0.15) is 0 Å². The van der Waals surface area contributed by atoms with Crippen molar-refractivity contribution in [3.63, 3.8) is 0 Å². The topological polar surface area (TPSA) is 134 Å². The largest absolute Gasteiger partial charge is 0.478 e. The van der Waals surface area contributed by atoms with Gasteiger partial charge in [0.2, 0.25) is 5.76 Å². The second kappa shape index (κ2) is 11.0. The first-order valence-electron chi connectivity index (χ1n) is 3.74. The molecule has 0 saturated heterocycles. The van der Waals surface area contributed by atoms with E-state index in [1.807, 2.05) is 0 Å². The van der Waals surface area contributed by atoms with Gasteiger partial charge in [-0.15, -0.1) is 0 Å². The van der Waals surface area contributed by atoms with Crippen LogP contribution in [0.3, 0.4) is 0 Å².